The standard InChI is InChI=1S/C16H18FNO3S/c1-12-5-3-4-6-14(12)11-22(19,20)18-10-13-7-8-16(21-2)15(17)9-13/h3-9,18H,10-11H2,1-2H3. The molecule has 22 heavy (non-hydrogen) atoms. The van der Waals surface area contributed by atoms with Crippen LogP contribution in [0.3, 0.4) is 0 Å². The summed E-state index contributed by atoms with van der Waals surface area (Å²) in [5.41, 5.74) is 2.20. The number of methoxy groups -OCH3 is 1. The molecule has 0 saturated carbocycles. The molecule has 2 aromatic carbocycles. The van der Waals surface area contributed by atoms with Gasteiger partial charge in [-0.15, -0.1) is 0 Å². The zero-order valence-corrected chi connectivity index (χ0v) is 13.3. The molecule has 2 rings (SSSR count). The first-order valence-electron chi connectivity index (χ1n) is 6.75. The SMILES string of the molecule is COc1ccc(CNS(=O)(=O)Cc2ccccc2C)cc1F. The summed E-state index contributed by atoms with van der Waals surface area (Å²) in [6.45, 7) is 1.90. The molecule has 0 unspecified atom stereocenters. The van der Waals surface area contributed by atoms with E-state index in [9.17, 15) is 12.8 Å². The number of halogens is 1. The van der Waals surface area contributed by atoms with Gasteiger partial charge in [0, 0.05) is 6.54 Å². The lowest BCUT2D eigenvalue weighted by Gasteiger charge is -2.09. The third kappa shape index (κ3) is 4.29. The number of aryl methyl sites for hydroxylation is 1. The van der Waals surface area contributed by atoms with Crippen molar-refractivity contribution in [3.05, 3.63) is 65.0 Å². The van der Waals surface area contributed by atoms with E-state index in [-0.39, 0.29) is 18.0 Å². The fraction of sp³-hybridized carbons (Fsp3) is 0.250. The van der Waals surface area contributed by atoms with E-state index in [1.807, 2.05) is 19.1 Å². The zero-order chi connectivity index (χ0) is 16.2. The van der Waals surface area contributed by atoms with Crippen LogP contribution in [0.15, 0.2) is 42.5 Å². The number of hydrogen-bond donors (Lipinski definition) is 1. The fourth-order valence-corrected chi connectivity index (χ4v) is 3.26. The highest BCUT2D eigenvalue weighted by Crippen LogP contribution is 2.18. The second-order valence-electron chi connectivity index (χ2n) is 4.98. The lowest BCUT2D eigenvalue weighted by molar-refractivity contribution is 0.386. The van der Waals surface area contributed by atoms with Gasteiger partial charge in [-0.05, 0) is 35.7 Å². The molecular formula is C16H18FNO3S. The van der Waals surface area contributed by atoms with E-state index >= 15 is 0 Å². The monoisotopic (exact) mass is 323 g/mol. The van der Waals surface area contributed by atoms with Gasteiger partial charge >= 0.3 is 0 Å². The Labute approximate surface area is 130 Å². The normalized spacial score (nSPS) is 11.4. The molecule has 0 saturated heterocycles. The van der Waals surface area contributed by atoms with Crippen molar-refractivity contribution in [3.8, 4) is 5.75 Å². The van der Waals surface area contributed by atoms with Crippen LogP contribution in [0.1, 0.15) is 16.7 Å². The Bertz CT molecular complexity index is 760. The number of benzene rings is 2. The van der Waals surface area contributed by atoms with Gasteiger partial charge in [-0.25, -0.2) is 17.5 Å². The van der Waals surface area contributed by atoms with Gasteiger partial charge < -0.3 is 4.74 Å². The van der Waals surface area contributed by atoms with E-state index in [1.165, 1.54) is 19.2 Å². The van der Waals surface area contributed by atoms with E-state index in [0.29, 0.717) is 5.56 Å². The van der Waals surface area contributed by atoms with Gasteiger partial charge in [0.25, 0.3) is 0 Å². The minimum Gasteiger partial charge on any atom is -0.494 e. The summed E-state index contributed by atoms with van der Waals surface area (Å²) in [6.07, 6.45) is 0. The Hall–Kier alpha value is -1.92. The number of rotatable bonds is 6. The summed E-state index contributed by atoms with van der Waals surface area (Å²) in [5.74, 6) is -0.484. The van der Waals surface area contributed by atoms with Gasteiger partial charge in [-0.2, -0.15) is 0 Å². The molecule has 0 aliphatic rings. The van der Waals surface area contributed by atoms with Crippen molar-refractivity contribution in [2.45, 2.75) is 19.2 Å². The van der Waals surface area contributed by atoms with E-state index in [4.69, 9.17) is 4.74 Å². The van der Waals surface area contributed by atoms with Crippen molar-refractivity contribution in [2.75, 3.05) is 7.11 Å². The highest BCUT2D eigenvalue weighted by molar-refractivity contribution is 7.88. The molecule has 0 aromatic heterocycles. The minimum atomic E-state index is -3.49. The maximum atomic E-state index is 13.6. The molecule has 0 amide bonds. The lowest BCUT2D eigenvalue weighted by Crippen LogP contribution is -2.25. The van der Waals surface area contributed by atoms with E-state index in [2.05, 4.69) is 4.72 Å². The van der Waals surface area contributed by atoms with Gasteiger partial charge in [0.2, 0.25) is 10.0 Å². The van der Waals surface area contributed by atoms with Crippen LogP contribution in [0.2, 0.25) is 0 Å². The molecule has 0 fully saturated rings. The smallest absolute Gasteiger partial charge is 0.216 e. The molecule has 0 bridgehead atoms. The predicted octanol–water partition coefficient (Wildman–Crippen LogP) is 2.76. The van der Waals surface area contributed by atoms with Crippen LogP contribution < -0.4 is 9.46 Å². The van der Waals surface area contributed by atoms with Gasteiger partial charge in [0.05, 0.1) is 12.9 Å². The Morgan fingerprint density at radius 1 is 1.18 bits per heavy atom. The second-order valence-corrected chi connectivity index (χ2v) is 6.78. The molecule has 0 radical (unpaired) electrons. The quantitative estimate of drug-likeness (QED) is 0.889. The van der Waals surface area contributed by atoms with Crippen molar-refractivity contribution in [2.24, 2.45) is 0 Å². The van der Waals surface area contributed by atoms with Crippen molar-refractivity contribution < 1.29 is 17.5 Å². The predicted molar refractivity (Wildman–Crippen MR) is 83.6 cm³/mol. The van der Waals surface area contributed by atoms with Crippen LogP contribution in [0, 0.1) is 12.7 Å². The maximum absolute atomic E-state index is 13.6. The molecule has 4 nitrogen and oxygen atoms in total. The van der Waals surface area contributed by atoms with Crippen LogP contribution in [-0.2, 0) is 22.3 Å². The van der Waals surface area contributed by atoms with Crippen LogP contribution >= 0.6 is 0 Å². The Kier molecular flexibility index (Phi) is 5.15. The summed E-state index contributed by atoms with van der Waals surface area (Å²) in [4.78, 5) is 0. The van der Waals surface area contributed by atoms with Crippen molar-refractivity contribution in [1.29, 1.82) is 0 Å². The highest BCUT2D eigenvalue weighted by Gasteiger charge is 2.13. The molecule has 6 heteroatoms. The maximum Gasteiger partial charge on any atom is 0.216 e. The topological polar surface area (TPSA) is 55.4 Å². The zero-order valence-electron chi connectivity index (χ0n) is 12.5. The molecule has 2 aromatic rings. The molecule has 0 aliphatic carbocycles. The summed E-state index contributed by atoms with van der Waals surface area (Å²) < 4.78 is 45.1. The highest BCUT2D eigenvalue weighted by atomic mass is 32.2. The Morgan fingerprint density at radius 3 is 2.55 bits per heavy atom. The first-order valence-corrected chi connectivity index (χ1v) is 8.41. The van der Waals surface area contributed by atoms with Crippen molar-refractivity contribution in [1.82, 2.24) is 4.72 Å². The molecule has 0 heterocycles. The van der Waals surface area contributed by atoms with Gasteiger partial charge in [0.1, 0.15) is 0 Å². The summed E-state index contributed by atoms with van der Waals surface area (Å²) in [7, 11) is -2.11. The Morgan fingerprint density at radius 2 is 1.91 bits per heavy atom. The number of ether oxygens (including phenoxy) is 1. The average molecular weight is 323 g/mol. The van der Waals surface area contributed by atoms with E-state index < -0.39 is 15.8 Å². The van der Waals surface area contributed by atoms with Crippen molar-refractivity contribution in [3.63, 3.8) is 0 Å². The largest absolute Gasteiger partial charge is 0.494 e. The van der Waals surface area contributed by atoms with Crippen molar-refractivity contribution >= 4 is 10.0 Å². The third-order valence-electron chi connectivity index (χ3n) is 3.32. The number of hydrogen-bond acceptors (Lipinski definition) is 3. The van der Waals surface area contributed by atoms with Crippen LogP contribution in [0.4, 0.5) is 4.39 Å². The van der Waals surface area contributed by atoms with Gasteiger partial charge in [-0.3, -0.25) is 0 Å². The third-order valence-corrected chi connectivity index (χ3v) is 4.59. The van der Waals surface area contributed by atoms with Gasteiger partial charge in [0.15, 0.2) is 11.6 Å². The molecule has 1 N–H and O–H groups in total. The molecule has 0 atom stereocenters. The summed E-state index contributed by atoms with van der Waals surface area (Å²) >= 11 is 0. The Balaban J connectivity index is 2.04. The van der Waals surface area contributed by atoms with Gasteiger partial charge in [-0.1, -0.05) is 30.3 Å². The van der Waals surface area contributed by atoms with E-state index in [0.717, 1.165) is 11.1 Å². The molecular weight excluding hydrogens is 305 g/mol. The van der Waals surface area contributed by atoms with Crippen LogP contribution in [0.25, 0.3) is 0 Å². The minimum absolute atomic E-state index is 0.0368. The first kappa shape index (κ1) is 16.5. The number of sulfonamides is 1. The lowest BCUT2D eigenvalue weighted by atomic mass is 10.1. The number of nitrogens with one attached hydrogen (secondary N) is 1. The molecule has 0 spiro atoms. The summed E-state index contributed by atoms with van der Waals surface area (Å²) in [6, 6.07) is 11.7. The molecule has 0 aliphatic heterocycles. The summed E-state index contributed by atoms with van der Waals surface area (Å²) in [5, 5.41) is 0. The van der Waals surface area contributed by atoms with E-state index in [1.54, 1.807) is 18.2 Å². The van der Waals surface area contributed by atoms with Crippen LogP contribution in [-0.4, -0.2) is 15.5 Å². The first-order chi connectivity index (χ1) is 10.4. The fourth-order valence-electron chi connectivity index (χ4n) is 2.04. The molecule has 118 valence electrons. The second kappa shape index (κ2) is 6.89. The average Bonchev–Trinajstić information content (AvgIpc) is 2.48. The van der Waals surface area contributed by atoms with Crippen LogP contribution in [0.5, 0.6) is 5.75 Å².